The first-order valence-corrected chi connectivity index (χ1v) is 20.2. The lowest BCUT2D eigenvalue weighted by molar-refractivity contribution is 0.469. The molecule has 4 heteroatoms. The molecule has 9 aromatic rings. The zero-order valence-electron chi connectivity index (χ0n) is 32.6. The number of pyridine rings is 1. The monoisotopic (exact) mass is 767 g/mol. The lowest BCUT2D eigenvalue weighted by Crippen LogP contribution is -2.25. The predicted molar refractivity (Wildman–Crippen MR) is 244 cm³/mol. The Hall–Kier alpha value is -7.95. The number of nitrogens with zero attached hydrogens (tertiary/aromatic N) is 3. The molecule has 11 rings (SSSR count). The molecular formula is C56H37N3O. The number of fused-ring (bicyclic) bond motifs is 8. The molecule has 1 spiro atoms. The highest BCUT2D eigenvalue weighted by Crippen LogP contribution is 2.57. The Kier molecular flexibility index (Phi) is 8.67. The molecule has 0 fully saturated rings. The number of allylic oxidation sites excluding steroid dienone is 5. The topological polar surface area (TPSA) is 47.9 Å². The van der Waals surface area contributed by atoms with Gasteiger partial charge in [0.15, 0.2) is 5.82 Å². The number of hydrogen-bond acceptors (Lipinski definition) is 4. The van der Waals surface area contributed by atoms with Gasteiger partial charge in [0, 0.05) is 33.8 Å². The van der Waals surface area contributed by atoms with Crippen molar-refractivity contribution in [1.29, 1.82) is 0 Å². The van der Waals surface area contributed by atoms with Crippen LogP contribution >= 0.6 is 0 Å². The van der Waals surface area contributed by atoms with Crippen molar-refractivity contribution in [2.45, 2.75) is 5.41 Å². The summed E-state index contributed by atoms with van der Waals surface area (Å²) in [6, 6.07) is 64.2. The highest BCUT2D eigenvalue weighted by Gasteiger charge is 2.45. The summed E-state index contributed by atoms with van der Waals surface area (Å²) in [6.45, 7) is 0. The van der Waals surface area contributed by atoms with E-state index in [1.54, 1.807) is 6.26 Å². The molecule has 1 aliphatic heterocycles. The van der Waals surface area contributed by atoms with E-state index in [4.69, 9.17) is 14.7 Å². The lowest BCUT2D eigenvalue weighted by atomic mass is 9.71. The van der Waals surface area contributed by atoms with E-state index in [1.807, 2.05) is 54.7 Å². The Morgan fingerprint density at radius 2 is 1.02 bits per heavy atom. The van der Waals surface area contributed by atoms with Gasteiger partial charge >= 0.3 is 0 Å². The summed E-state index contributed by atoms with van der Waals surface area (Å²) in [6.07, 6.45) is 14.1. The van der Waals surface area contributed by atoms with Gasteiger partial charge in [0.1, 0.15) is 5.75 Å². The van der Waals surface area contributed by atoms with Crippen LogP contribution < -0.4 is 4.74 Å². The maximum atomic E-state index is 6.44. The average Bonchev–Trinajstić information content (AvgIpc) is 3.60. The first kappa shape index (κ1) is 35.2. The van der Waals surface area contributed by atoms with Gasteiger partial charge in [0.25, 0.3) is 0 Å². The maximum Gasteiger partial charge on any atom is 0.160 e. The number of rotatable bonds is 5. The minimum absolute atomic E-state index is 0.676. The molecule has 0 saturated heterocycles. The van der Waals surface area contributed by atoms with Crippen LogP contribution in [0.5, 0.6) is 5.75 Å². The summed E-state index contributed by atoms with van der Waals surface area (Å²) >= 11 is 0. The molecule has 0 N–H and O–H groups in total. The summed E-state index contributed by atoms with van der Waals surface area (Å²) < 4.78 is 6.44. The van der Waals surface area contributed by atoms with E-state index < -0.39 is 5.41 Å². The fraction of sp³-hybridized carbons (Fsp3) is 0.0179. The van der Waals surface area contributed by atoms with Gasteiger partial charge in [-0.2, -0.15) is 0 Å². The van der Waals surface area contributed by atoms with Crippen molar-refractivity contribution in [2.75, 3.05) is 0 Å². The predicted octanol–water partition coefficient (Wildman–Crippen LogP) is 13.7. The smallest absolute Gasteiger partial charge is 0.160 e. The third kappa shape index (κ3) is 6.14. The molecule has 2 aromatic heterocycles. The Morgan fingerprint density at radius 3 is 1.83 bits per heavy atom. The van der Waals surface area contributed by atoms with Crippen LogP contribution in [0, 0.1) is 0 Å². The third-order valence-electron chi connectivity index (χ3n) is 11.7. The van der Waals surface area contributed by atoms with Crippen LogP contribution in [-0.4, -0.2) is 15.0 Å². The summed E-state index contributed by atoms with van der Waals surface area (Å²) in [5.74, 6) is 1.47. The zero-order valence-corrected chi connectivity index (χ0v) is 32.6. The van der Waals surface area contributed by atoms with E-state index in [9.17, 15) is 0 Å². The van der Waals surface area contributed by atoms with Crippen LogP contribution in [0.25, 0.3) is 78.2 Å². The van der Waals surface area contributed by atoms with E-state index >= 15 is 0 Å². The largest absolute Gasteiger partial charge is 0.465 e. The molecule has 4 nitrogen and oxygen atoms in total. The van der Waals surface area contributed by atoms with Crippen LogP contribution in [-0.2, 0) is 5.41 Å². The van der Waals surface area contributed by atoms with Crippen molar-refractivity contribution in [2.24, 2.45) is 0 Å². The average molecular weight is 768 g/mol. The van der Waals surface area contributed by atoms with Gasteiger partial charge in [-0.1, -0.05) is 164 Å². The molecule has 2 aliphatic rings. The third-order valence-corrected chi connectivity index (χ3v) is 11.7. The number of aromatic nitrogens is 3. The second-order valence-electron chi connectivity index (χ2n) is 15.2. The number of benzene rings is 7. The molecule has 3 heterocycles. The summed E-state index contributed by atoms with van der Waals surface area (Å²) in [7, 11) is 0. The maximum absolute atomic E-state index is 6.44. The van der Waals surface area contributed by atoms with E-state index in [0.29, 0.717) is 5.82 Å². The molecule has 0 saturated carbocycles. The number of hydrogen-bond donors (Lipinski definition) is 0. The van der Waals surface area contributed by atoms with Crippen molar-refractivity contribution in [1.82, 2.24) is 15.0 Å². The minimum Gasteiger partial charge on any atom is -0.465 e. The molecule has 0 radical (unpaired) electrons. The number of para-hydroxylation sites is 1. The highest BCUT2D eigenvalue weighted by atomic mass is 16.5. The second-order valence-corrected chi connectivity index (χ2v) is 15.2. The van der Waals surface area contributed by atoms with E-state index in [1.165, 1.54) is 16.7 Å². The summed E-state index contributed by atoms with van der Waals surface area (Å²) in [5, 5.41) is 1.12. The minimum atomic E-state index is -0.708. The van der Waals surface area contributed by atoms with Gasteiger partial charge in [-0.25, -0.2) is 9.97 Å². The molecule has 0 amide bonds. The molecule has 282 valence electrons. The molecule has 1 aliphatic carbocycles. The van der Waals surface area contributed by atoms with Crippen molar-refractivity contribution >= 4 is 10.9 Å². The Bertz CT molecular complexity index is 3180. The van der Waals surface area contributed by atoms with E-state index in [2.05, 4.69) is 169 Å². The summed E-state index contributed by atoms with van der Waals surface area (Å²) in [5.41, 5.74) is 15.2. The fourth-order valence-electron chi connectivity index (χ4n) is 8.83. The summed E-state index contributed by atoms with van der Waals surface area (Å²) in [4.78, 5) is 15.2. The lowest BCUT2D eigenvalue weighted by Gasteiger charge is -2.32. The molecule has 0 bridgehead atoms. The van der Waals surface area contributed by atoms with Crippen molar-refractivity contribution in [3.63, 3.8) is 0 Å². The molecule has 1 atom stereocenters. The van der Waals surface area contributed by atoms with E-state index in [-0.39, 0.29) is 0 Å². The molecule has 1 unspecified atom stereocenters. The van der Waals surface area contributed by atoms with Crippen molar-refractivity contribution < 1.29 is 4.74 Å². The first-order valence-electron chi connectivity index (χ1n) is 20.2. The number of ether oxygens (including phenoxy) is 1. The Morgan fingerprint density at radius 1 is 0.400 bits per heavy atom. The second kappa shape index (κ2) is 14.8. The van der Waals surface area contributed by atoms with Gasteiger partial charge in [0.05, 0.1) is 28.6 Å². The zero-order chi connectivity index (χ0) is 39.9. The van der Waals surface area contributed by atoms with Crippen LogP contribution in [0.1, 0.15) is 16.7 Å². The van der Waals surface area contributed by atoms with Crippen molar-refractivity contribution in [3.05, 3.63) is 242 Å². The first-order chi connectivity index (χ1) is 29.7. The Labute approximate surface area is 349 Å². The standard InChI is InChI=1S/C56H37N3O/c1-2-12-32-60-54-23-10-9-22-48(54)56(30-11-1)49-34-42(43-25-24-39-21-14-31-57-51(39)36-43)26-28-46(49)47-29-27-45(35-50(47)56)53-37-52(58-55(59-53)40-17-7-4-8-18-40)44-20-13-19-41(33-44)38-15-5-3-6-16-38/h1-37H/b2-1-,30-11+,32-12+. The van der Waals surface area contributed by atoms with Gasteiger partial charge in [0.2, 0.25) is 0 Å². The normalized spacial score (nSPS) is 16.6. The van der Waals surface area contributed by atoms with Crippen molar-refractivity contribution in [3.8, 4) is 73.0 Å². The SMILES string of the molecule is C1=C\C=C\C2(c3ccccc3O/C=C/1)c1cc(-c3ccc4cccnc4c3)ccc1-c1ccc(-c3cc(-c4cccc(-c5ccccc5)c4)nc(-c4ccccc4)n3)cc12. The van der Waals surface area contributed by atoms with Crippen LogP contribution in [0.2, 0.25) is 0 Å². The quantitative estimate of drug-likeness (QED) is 0.175. The van der Waals surface area contributed by atoms with Crippen LogP contribution in [0.15, 0.2) is 225 Å². The van der Waals surface area contributed by atoms with Crippen LogP contribution in [0.4, 0.5) is 0 Å². The molecule has 60 heavy (non-hydrogen) atoms. The molecular weight excluding hydrogens is 731 g/mol. The Balaban J connectivity index is 1.13. The van der Waals surface area contributed by atoms with Gasteiger partial charge < -0.3 is 4.74 Å². The fourth-order valence-corrected chi connectivity index (χ4v) is 8.83. The molecule has 7 aromatic carbocycles. The van der Waals surface area contributed by atoms with Crippen LogP contribution in [0.3, 0.4) is 0 Å². The van der Waals surface area contributed by atoms with Gasteiger partial charge in [-0.3, -0.25) is 4.98 Å². The van der Waals surface area contributed by atoms with Gasteiger partial charge in [-0.15, -0.1) is 0 Å². The van der Waals surface area contributed by atoms with Gasteiger partial charge in [-0.05, 0) is 93.0 Å². The highest BCUT2D eigenvalue weighted by molar-refractivity contribution is 5.91. The van der Waals surface area contributed by atoms with E-state index in [0.717, 1.165) is 78.1 Å².